The van der Waals surface area contributed by atoms with Crippen LogP contribution in [0.25, 0.3) is 11.2 Å². The lowest BCUT2D eigenvalue weighted by Crippen LogP contribution is -1.87. The Morgan fingerprint density at radius 3 is 2.78 bits per heavy atom. The van der Waals surface area contributed by atoms with E-state index in [-0.39, 0.29) is 0 Å². The van der Waals surface area contributed by atoms with Gasteiger partial charge in [0.25, 0.3) is 0 Å². The minimum atomic E-state index is 0.627. The number of fused-ring (bicyclic) bond motifs is 1. The van der Waals surface area contributed by atoms with Crippen LogP contribution >= 0.6 is 27.5 Å². The molecular weight excluding hydrogens is 316 g/mol. The van der Waals surface area contributed by atoms with E-state index in [1.54, 1.807) is 6.20 Å². The largest absolute Gasteiger partial charge is 0.439 e. The molecule has 0 radical (unpaired) electrons. The first-order valence-electron chi connectivity index (χ1n) is 5.36. The summed E-state index contributed by atoms with van der Waals surface area (Å²) in [5.41, 5.74) is 2.42. The van der Waals surface area contributed by atoms with Crippen molar-refractivity contribution in [1.29, 1.82) is 0 Å². The number of aromatic nitrogens is 2. The third-order valence-electron chi connectivity index (χ3n) is 2.53. The van der Waals surface area contributed by atoms with Gasteiger partial charge < -0.3 is 4.42 Å². The van der Waals surface area contributed by atoms with Gasteiger partial charge in [0, 0.05) is 28.2 Å². The van der Waals surface area contributed by atoms with E-state index < -0.39 is 0 Å². The monoisotopic (exact) mass is 322 g/mol. The van der Waals surface area contributed by atoms with E-state index >= 15 is 0 Å². The Morgan fingerprint density at radius 2 is 2.00 bits per heavy atom. The third kappa shape index (κ3) is 2.40. The molecule has 90 valence electrons. The van der Waals surface area contributed by atoms with Crippen LogP contribution < -0.4 is 0 Å². The number of hydrogen-bond donors (Lipinski definition) is 0. The summed E-state index contributed by atoms with van der Waals surface area (Å²) in [4.78, 5) is 8.52. The van der Waals surface area contributed by atoms with Crippen molar-refractivity contribution in [2.45, 2.75) is 6.42 Å². The molecule has 0 bridgehead atoms. The maximum atomic E-state index is 5.84. The molecule has 18 heavy (non-hydrogen) atoms. The minimum Gasteiger partial charge on any atom is -0.439 e. The first-order chi connectivity index (χ1) is 8.70. The topological polar surface area (TPSA) is 38.9 Å². The highest BCUT2D eigenvalue weighted by atomic mass is 79.9. The zero-order valence-electron chi connectivity index (χ0n) is 9.23. The van der Waals surface area contributed by atoms with Crippen molar-refractivity contribution in [2.24, 2.45) is 0 Å². The molecule has 2 heterocycles. The number of hydrogen-bond acceptors (Lipinski definition) is 3. The predicted octanol–water partition coefficient (Wildman–Crippen LogP) is 4.23. The number of rotatable bonds is 2. The van der Waals surface area contributed by atoms with Gasteiger partial charge in [-0.05, 0) is 33.6 Å². The minimum absolute atomic E-state index is 0.627. The molecule has 0 aliphatic heterocycles. The number of pyridine rings is 1. The van der Waals surface area contributed by atoms with E-state index in [4.69, 9.17) is 16.0 Å². The fourth-order valence-corrected chi connectivity index (χ4v) is 2.13. The lowest BCUT2D eigenvalue weighted by Gasteiger charge is -1.96. The summed E-state index contributed by atoms with van der Waals surface area (Å²) >= 11 is 9.19. The van der Waals surface area contributed by atoms with Crippen LogP contribution in [0, 0.1) is 0 Å². The standard InChI is InChI=1S/C13H8BrClN2O/c14-9-6-11-13(16-7-9)17-12(18-11)5-8-1-3-10(15)4-2-8/h1-4,6-7H,5H2. The molecule has 2 aromatic heterocycles. The molecule has 0 saturated heterocycles. The average molecular weight is 324 g/mol. The molecule has 0 aliphatic carbocycles. The molecule has 0 N–H and O–H groups in total. The summed E-state index contributed by atoms with van der Waals surface area (Å²) in [6, 6.07) is 9.49. The van der Waals surface area contributed by atoms with E-state index in [0.29, 0.717) is 23.5 Å². The van der Waals surface area contributed by atoms with Gasteiger partial charge in [-0.1, -0.05) is 23.7 Å². The number of benzene rings is 1. The first kappa shape index (κ1) is 11.7. The van der Waals surface area contributed by atoms with Crippen molar-refractivity contribution in [1.82, 2.24) is 9.97 Å². The second kappa shape index (κ2) is 4.71. The van der Waals surface area contributed by atoms with E-state index in [9.17, 15) is 0 Å². The van der Waals surface area contributed by atoms with Crippen molar-refractivity contribution in [3.05, 3.63) is 57.5 Å². The SMILES string of the molecule is Clc1ccc(Cc2nc3ncc(Br)cc3o2)cc1. The van der Waals surface area contributed by atoms with Crippen molar-refractivity contribution >= 4 is 38.8 Å². The van der Waals surface area contributed by atoms with Gasteiger partial charge in [0.1, 0.15) is 0 Å². The van der Waals surface area contributed by atoms with E-state index in [2.05, 4.69) is 25.9 Å². The third-order valence-corrected chi connectivity index (χ3v) is 3.21. The van der Waals surface area contributed by atoms with E-state index in [1.165, 1.54) is 0 Å². The van der Waals surface area contributed by atoms with Crippen LogP contribution in [0.1, 0.15) is 11.5 Å². The maximum absolute atomic E-state index is 5.84. The normalized spacial score (nSPS) is 11.0. The predicted molar refractivity (Wildman–Crippen MR) is 73.8 cm³/mol. The lowest BCUT2D eigenvalue weighted by molar-refractivity contribution is 0.544. The van der Waals surface area contributed by atoms with Crippen LogP contribution in [0.15, 0.2) is 45.4 Å². The molecule has 0 amide bonds. The highest BCUT2D eigenvalue weighted by molar-refractivity contribution is 9.10. The quantitative estimate of drug-likeness (QED) is 0.708. The van der Waals surface area contributed by atoms with Crippen LogP contribution in [0.5, 0.6) is 0 Å². The summed E-state index contributed by atoms with van der Waals surface area (Å²) in [6.45, 7) is 0. The van der Waals surface area contributed by atoms with Gasteiger partial charge in [0.15, 0.2) is 11.2 Å². The number of nitrogens with zero attached hydrogens (tertiary/aromatic N) is 2. The first-order valence-corrected chi connectivity index (χ1v) is 6.53. The van der Waals surface area contributed by atoms with Crippen LogP contribution in [0.3, 0.4) is 0 Å². The Bertz CT molecular complexity index is 694. The smallest absolute Gasteiger partial charge is 0.201 e. The molecule has 5 heteroatoms. The lowest BCUT2D eigenvalue weighted by atomic mass is 10.1. The molecule has 0 fully saturated rings. The van der Waals surface area contributed by atoms with Gasteiger partial charge in [-0.15, -0.1) is 0 Å². The van der Waals surface area contributed by atoms with Gasteiger partial charge in [-0.3, -0.25) is 0 Å². The molecule has 0 aliphatic rings. The van der Waals surface area contributed by atoms with Crippen LogP contribution in [0.2, 0.25) is 5.02 Å². The summed E-state index contributed by atoms with van der Waals surface area (Å²) in [5, 5.41) is 0.724. The molecule has 0 atom stereocenters. The highest BCUT2D eigenvalue weighted by Gasteiger charge is 2.08. The number of halogens is 2. The van der Waals surface area contributed by atoms with Crippen molar-refractivity contribution in [3.8, 4) is 0 Å². The fourth-order valence-electron chi connectivity index (χ4n) is 1.69. The van der Waals surface area contributed by atoms with Crippen molar-refractivity contribution in [3.63, 3.8) is 0 Å². The fraction of sp³-hybridized carbons (Fsp3) is 0.0769. The molecule has 0 spiro atoms. The Balaban J connectivity index is 1.92. The molecule has 3 aromatic rings. The van der Waals surface area contributed by atoms with Gasteiger partial charge in [-0.25, -0.2) is 4.98 Å². The molecule has 3 rings (SSSR count). The van der Waals surface area contributed by atoms with Gasteiger partial charge in [0.05, 0.1) is 0 Å². The molecular formula is C13H8BrClN2O. The molecule has 0 unspecified atom stereocenters. The summed E-state index contributed by atoms with van der Waals surface area (Å²) < 4.78 is 6.53. The molecule has 1 aromatic carbocycles. The van der Waals surface area contributed by atoms with Crippen LogP contribution in [-0.2, 0) is 6.42 Å². The van der Waals surface area contributed by atoms with Gasteiger partial charge in [-0.2, -0.15) is 4.98 Å². The van der Waals surface area contributed by atoms with Crippen molar-refractivity contribution in [2.75, 3.05) is 0 Å². The van der Waals surface area contributed by atoms with Gasteiger partial charge in [0.2, 0.25) is 5.89 Å². The molecule has 3 nitrogen and oxygen atoms in total. The number of oxazole rings is 1. The summed E-state index contributed by atoms with van der Waals surface area (Å²) in [6.07, 6.45) is 2.34. The summed E-state index contributed by atoms with van der Waals surface area (Å²) in [7, 11) is 0. The average Bonchev–Trinajstić information content (AvgIpc) is 2.73. The molecule has 0 saturated carbocycles. The van der Waals surface area contributed by atoms with Crippen LogP contribution in [0.4, 0.5) is 0 Å². The maximum Gasteiger partial charge on any atom is 0.201 e. The Hall–Kier alpha value is -1.39. The van der Waals surface area contributed by atoms with E-state index in [0.717, 1.165) is 15.1 Å². The van der Waals surface area contributed by atoms with Crippen molar-refractivity contribution < 1.29 is 4.42 Å². The Labute approximate surface area is 117 Å². The van der Waals surface area contributed by atoms with Crippen LogP contribution in [-0.4, -0.2) is 9.97 Å². The Kier molecular flexibility index (Phi) is 3.06. The van der Waals surface area contributed by atoms with E-state index in [1.807, 2.05) is 30.3 Å². The summed E-state index contributed by atoms with van der Waals surface area (Å²) in [5.74, 6) is 0.651. The Morgan fingerprint density at radius 1 is 1.22 bits per heavy atom. The highest BCUT2D eigenvalue weighted by Crippen LogP contribution is 2.20. The zero-order valence-corrected chi connectivity index (χ0v) is 11.6. The second-order valence-corrected chi connectivity index (χ2v) is 5.24. The van der Waals surface area contributed by atoms with Gasteiger partial charge >= 0.3 is 0 Å². The zero-order chi connectivity index (χ0) is 12.5. The second-order valence-electron chi connectivity index (χ2n) is 3.89.